The summed E-state index contributed by atoms with van der Waals surface area (Å²) in [5.74, 6) is 0.900. The van der Waals surface area contributed by atoms with Crippen LogP contribution in [0, 0.1) is 0 Å². The van der Waals surface area contributed by atoms with Gasteiger partial charge in [-0.15, -0.1) is 10.2 Å². The Morgan fingerprint density at radius 2 is 2.18 bits per heavy atom. The quantitative estimate of drug-likeness (QED) is 0.850. The molecule has 0 unspecified atom stereocenters. The lowest BCUT2D eigenvalue weighted by atomic mass is 10.2. The number of benzene rings is 1. The van der Waals surface area contributed by atoms with E-state index >= 15 is 0 Å². The van der Waals surface area contributed by atoms with E-state index in [-0.39, 0.29) is 0 Å². The average Bonchev–Trinajstić information content (AvgIpc) is 2.74. The van der Waals surface area contributed by atoms with Crippen molar-refractivity contribution in [2.45, 2.75) is 13.2 Å². The van der Waals surface area contributed by atoms with E-state index in [1.54, 1.807) is 13.4 Å². The smallest absolute Gasteiger partial charge is 0.151 e. The highest BCUT2D eigenvalue weighted by Gasteiger charge is 2.03. The second-order valence-corrected chi connectivity index (χ2v) is 3.80. The van der Waals surface area contributed by atoms with Gasteiger partial charge in [-0.2, -0.15) is 0 Å². The molecule has 1 aromatic heterocycles. The Morgan fingerprint density at radius 3 is 2.88 bits per heavy atom. The number of rotatable bonds is 5. The second-order valence-electron chi connectivity index (χ2n) is 3.80. The van der Waals surface area contributed by atoms with E-state index < -0.39 is 0 Å². The van der Waals surface area contributed by atoms with E-state index in [9.17, 15) is 0 Å². The molecule has 1 heterocycles. The van der Waals surface area contributed by atoms with Crippen LogP contribution in [0.4, 0.5) is 5.69 Å². The van der Waals surface area contributed by atoms with Crippen LogP contribution in [-0.4, -0.2) is 21.9 Å². The van der Waals surface area contributed by atoms with E-state index in [0.29, 0.717) is 13.2 Å². The number of anilines is 1. The highest BCUT2D eigenvalue weighted by atomic mass is 16.5. The molecular weight excluding hydrogens is 216 g/mol. The van der Waals surface area contributed by atoms with E-state index in [4.69, 9.17) is 4.74 Å². The van der Waals surface area contributed by atoms with Crippen molar-refractivity contribution in [2.75, 3.05) is 12.4 Å². The molecule has 2 aromatic rings. The monoisotopic (exact) mass is 232 g/mol. The van der Waals surface area contributed by atoms with Crippen molar-refractivity contribution in [3.63, 3.8) is 0 Å². The van der Waals surface area contributed by atoms with Gasteiger partial charge in [0.2, 0.25) is 0 Å². The average molecular weight is 232 g/mol. The Hall–Kier alpha value is -1.88. The fraction of sp³-hybridized carbons (Fsp3) is 0.333. The number of aromatic nitrogens is 3. The second kappa shape index (κ2) is 5.45. The van der Waals surface area contributed by atoms with Crippen LogP contribution < -0.4 is 5.32 Å². The van der Waals surface area contributed by atoms with Crippen molar-refractivity contribution in [3.05, 3.63) is 42.0 Å². The predicted octanol–water partition coefficient (Wildman–Crippen LogP) is 1.57. The zero-order chi connectivity index (χ0) is 12.1. The molecule has 1 aromatic carbocycles. The van der Waals surface area contributed by atoms with Crippen LogP contribution in [0.15, 0.2) is 30.6 Å². The molecule has 0 saturated heterocycles. The van der Waals surface area contributed by atoms with E-state index in [1.807, 2.05) is 35.9 Å². The first-order valence-electron chi connectivity index (χ1n) is 5.45. The van der Waals surface area contributed by atoms with Crippen LogP contribution in [-0.2, 0) is 24.9 Å². The molecule has 0 amide bonds. The standard InChI is InChI=1S/C12H16N4O/c1-16-9-14-15-12(16)7-13-11-6-4-3-5-10(11)8-17-2/h3-6,9,13H,7-8H2,1-2H3. The van der Waals surface area contributed by atoms with Gasteiger partial charge in [0, 0.05) is 25.4 Å². The van der Waals surface area contributed by atoms with Crippen LogP contribution in [0.1, 0.15) is 11.4 Å². The van der Waals surface area contributed by atoms with Crippen molar-refractivity contribution in [1.82, 2.24) is 14.8 Å². The molecule has 0 saturated carbocycles. The van der Waals surface area contributed by atoms with Crippen LogP contribution in [0.25, 0.3) is 0 Å². The van der Waals surface area contributed by atoms with Gasteiger partial charge in [-0.05, 0) is 6.07 Å². The molecule has 17 heavy (non-hydrogen) atoms. The largest absolute Gasteiger partial charge is 0.380 e. The summed E-state index contributed by atoms with van der Waals surface area (Å²) in [6, 6.07) is 8.08. The van der Waals surface area contributed by atoms with Gasteiger partial charge >= 0.3 is 0 Å². The predicted molar refractivity (Wildman–Crippen MR) is 65.5 cm³/mol. The highest BCUT2D eigenvalue weighted by molar-refractivity contribution is 5.50. The topological polar surface area (TPSA) is 52.0 Å². The molecule has 0 aliphatic carbocycles. The summed E-state index contributed by atoms with van der Waals surface area (Å²) in [6.07, 6.45) is 1.69. The van der Waals surface area contributed by atoms with Crippen LogP contribution in [0.3, 0.4) is 0 Å². The minimum atomic E-state index is 0.599. The molecule has 90 valence electrons. The maximum atomic E-state index is 5.16. The van der Waals surface area contributed by atoms with Gasteiger partial charge in [0.15, 0.2) is 5.82 Å². The number of ether oxygens (including phenoxy) is 1. The molecule has 0 atom stereocenters. The van der Waals surface area contributed by atoms with Gasteiger partial charge < -0.3 is 14.6 Å². The SMILES string of the molecule is COCc1ccccc1NCc1nncn1C. The summed E-state index contributed by atoms with van der Waals surface area (Å²) < 4.78 is 7.05. The van der Waals surface area contributed by atoms with Crippen molar-refractivity contribution in [3.8, 4) is 0 Å². The van der Waals surface area contributed by atoms with Crippen molar-refractivity contribution in [2.24, 2.45) is 7.05 Å². The van der Waals surface area contributed by atoms with Crippen LogP contribution in [0.5, 0.6) is 0 Å². The lowest BCUT2D eigenvalue weighted by Gasteiger charge is -2.10. The molecule has 5 nitrogen and oxygen atoms in total. The maximum Gasteiger partial charge on any atom is 0.151 e. The first-order valence-corrected chi connectivity index (χ1v) is 5.45. The zero-order valence-corrected chi connectivity index (χ0v) is 10.1. The number of hydrogen-bond donors (Lipinski definition) is 1. The van der Waals surface area contributed by atoms with Gasteiger partial charge in [0.25, 0.3) is 0 Å². The van der Waals surface area contributed by atoms with E-state index in [2.05, 4.69) is 15.5 Å². The lowest BCUT2D eigenvalue weighted by Crippen LogP contribution is -2.07. The molecule has 5 heteroatoms. The Balaban J connectivity index is 2.06. The van der Waals surface area contributed by atoms with Crippen molar-refractivity contribution < 1.29 is 4.74 Å². The molecule has 0 aliphatic rings. The van der Waals surface area contributed by atoms with Crippen molar-refractivity contribution >= 4 is 5.69 Å². The number of aryl methyl sites for hydroxylation is 1. The molecule has 0 radical (unpaired) electrons. The summed E-state index contributed by atoms with van der Waals surface area (Å²) in [6.45, 7) is 1.25. The first-order chi connectivity index (χ1) is 8.31. The number of nitrogens with zero attached hydrogens (tertiary/aromatic N) is 3. The third-order valence-corrected chi connectivity index (χ3v) is 2.56. The Bertz CT molecular complexity index is 481. The van der Waals surface area contributed by atoms with Gasteiger partial charge in [0.05, 0.1) is 13.2 Å². The molecule has 0 bridgehead atoms. The zero-order valence-electron chi connectivity index (χ0n) is 10.1. The minimum Gasteiger partial charge on any atom is -0.380 e. The lowest BCUT2D eigenvalue weighted by molar-refractivity contribution is 0.185. The third-order valence-electron chi connectivity index (χ3n) is 2.56. The third kappa shape index (κ3) is 2.82. The normalized spacial score (nSPS) is 10.5. The Kier molecular flexibility index (Phi) is 3.72. The summed E-state index contributed by atoms with van der Waals surface area (Å²) in [5, 5.41) is 11.2. The minimum absolute atomic E-state index is 0.599. The molecular formula is C12H16N4O. The van der Waals surface area contributed by atoms with Crippen LogP contribution >= 0.6 is 0 Å². The van der Waals surface area contributed by atoms with E-state index in [1.165, 1.54) is 0 Å². The highest BCUT2D eigenvalue weighted by Crippen LogP contribution is 2.16. The Morgan fingerprint density at radius 1 is 1.35 bits per heavy atom. The fourth-order valence-electron chi connectivity index (χ4n) is 1.62. The molecule has 0 aliphatic heterocycles. The maximum absolute atomic E-state index is 5.16. The van der Waals surface area contributed by atoms with Gasteiger partial charge in [-0.1, -0.05) is 18.2 Å². The molecule has 2 rings (SSSR count). The van der Waals surface area contributed by atoms with Gasteiger partial charge in [0.1, 0.15) is 6.33 Å². The first kappa shape index (κ1) is 11.6. The summed E-state index contributed by atoms with van der Waals surface area (Å²) in [5.41, 5.74) is 2.20. The van der Waals surface area contributed by atoms with Crippen molar-refractivity contribution in [1.29, 1.82) is 0 Å². The summed E-state index contributed by atoms with van der Waals surface area (Å²) in [7, 11) is 3.62. The number of para-hydroxylation sites is 1. The summed E-state index contributed by atoms with van der Waals surface area (Å²) >= 11 is 0. The van der Waals surface area contributed by atoms with Crippen LogP contribution in [0.2, 0.25) is 0 Å². The Labute approximate surface area is 100 Å². The van der Waals surface area contributed by atoms with Gasteiger partial charge in [-0.3, -0.25) is 0 Å². The number of hydrogen-bond acceptors (Lipinski definition) is 4. The number of nitrogens with one attached hydrogen (secondary N) is 1. The molecule has 1 N–H and O–H groups in total. The summed E-state index contributed by atoms with van der Waals surface area (Å²) in [4.78, 5) is 0. The fourth-order valence-corrected chi connectivity index (χ4v) is 1.62. The van der Waals surface area contributed by atoms with Gasteiger partial charge in [-0.25, -0.2) is 0 Å². The van der Waals surface area contributed by atoms with E-state index in [0.717, 1.165) is 17.1 Å². The molecule has 0 fully saturated rings. The molecule has 0 spiro atoms. The number of methoxy groups -OCH3 is 1.